The minimum Gasteiger partial charge on any atom is -0.398 e. The zero-order valence-corrected chi connectivity index (χ0v) is 20.8. The van der Waals surface area contributed by atoms with E-state index in [1.807, 2.05) is 42.5 Å². The zero-order valence-electron chi connectivity index (χ0n) is 20.8. The predicted octanol–water partition coefficient (Wildman–Crippen LogP) is 5.61. The molecule has 180 valence electrons. The fraction of sp³-hybridized carbons (Fsp3) is 0.194. The van der Waals surface area contributed by atoms with Crippen molar-refractivity contribution in [2.24, 2.45) is 11.5 Å². The Labute approximate surface area is 209 Å². The van der Waals surface area contributed by atoms with Gasteiger partial charge in [0.2, 0.25) is 0 Å². The van der Waals surface area contributed by atoms with E-state index in [1.165, 1.54) is 16.7 Å². The number of pyridine rings is 1. The molecule has 0 aliphatic rings. The van der Waals surface area contributed by atoms with E-state index >= 15 is 0 Å². The lowest BCUT2D eigenvalue weighted by atomic mass is 10.0. The average Bonchev–Trinajstić information content (AvgIpc) is 2.88. The second kappa shape index (κ2) is 13.1. The smallest absolute Gasteiger partial charge is 0.0574 e. The van der Waals surface area contributed by atoms with E-state index in [-0.39, 0.29) is 0 Å². The van der Waals surface area contributed by atoms with Crippen molar-refractivity contribution in [2.75, 3.05) is 6.54 Å². The van der Waals surface area contributed by atoms with Crippen LogP contribution >= 0.6 is 0 Å². The van der Waals surface area contributed by atoms with Gasteiger partial charge < -0.3 is 16.8 Å². The summed E-state index contributed by atoms with van der Waals surface area (Å²) in [5, 5.41) is 3.47. The van der Waals surface area contributed by atoms with Gasteiger partial charge in [-0.2, -0.15) is 0 Å². The summed E-state index contributed by atoms with van der Waals surface area (Å²) in [6.07, 6.45) is 9.48. The van der Waals surface area contributed by atoms with Crippen LogP contribution in [-0.2, 0) is 19.4 Å². The highest BCUT2D eigenvalue weighted by atomic mass is 14.9. The lowest BCUT2D eigenvalue weighted by Gasteiger charge is -2.15. The Morgan fingerprint density at radius 1 is 1.03 bits per heavy atom. The van der Waals surface area contributed by atoms with Gasteiger partial charge in [-0.15, -0.1) is 0 Å². The Kier molecular flexibility index (Phi) is 9.64. The highest BCUT2D eigenvalue weighted by Gasteiger charge is 2.08. The van der Waals surface area contributed by atoms with E-state index in [9.17, 15) is 0 Å². The third-order valence-electron chi connectivity index (χ3n) is 5.92. The first-order chi connectivity index (χ1) is 17.0. The molecule has 0 aliphatic carbocycles. The van der Waals surface area contributed by atoms with Crippen molar-refractivity contribution in [2.45, 2.75) is 33.2 Å². The van der Waals surface area contributed by atoms with Crippen molar-refractivity contribution < 1.29 is 0 Å². The Hall–Kier alpha value is -3.89. The van der Waals surface area contributed by atoms with Gasteiger partial charge in [-0.1, -0.05) is 91.0 Å². The molecule has 0 fully saturated rings. The van der Waals surface area contributed by atoms with Crippen LogP contribution in [0.25, 0.3) is 5.57 Å². The van der Waals surface area contributed by atoms with Gasteiger partial charge in [-0.3, -0.25) is 4.98 Å². The highest BCUT2D eigenvalue weighted by molar-refractivity contribution is 5.66. The van der Waals surface area contributed by atoms with Crippen LogP contribution in [0.5, 0.6) is 0 Å². The fourth-order valence-corrected chi connectivity index (χ4v) is 3.87. The standard InChI is InChI=1S/C31H36N4/c1-23-9-7-10-26(21-23)18-20-34-25(3)29(16-14-24(2)27-11-5-4-6-12-27)30(33)17-15-28-13-8-19-35-31(28)22-32/h4-14,16-17,19,21,34H,3,15,18,20,22,32-33H2,1-2H3/b24-14+,29-16+,30-17-. The summed E-state index contributed by atoms with van der Waals surface area (Å²) in [5.41, 5.74) is 21.6. The van der Waals surface area contributed by atoms with Gasteiger partial charge in [0, 0.05) is 36.3 Å². The van der Waals surface area contributed by atoms with E-state index in [0.717, 1.165) is 41.1 Å². The molecular formula is C31H36N4. The second-order valence-electron chi connectivity index (χ2n) is 8.62. The number of allylic oxidation sites excluding steroid dienone is 4. The Bertz CT molecular complexity index is 1220. The van der Waals surface area contributed by atoms with Crippen LogP contribution in [0, 0.1) is 6.92 Å². The molecular weight excluding hydrogens is 428 g/mol. The number of nitrogens with zero attached hydrogens (tertiary/aromatic N) is 1. The Balaban J connectivity index is 1.80. The van der Waals surface area contributed by atoms with Crippen LogP contribution < -0.4 is 16.8 Å². The van der Waals surface area contributed by atoms with E-state index in [4.69, 9.17) is 11.5 Å². The van der Waals surface area contributed by atoms with E-state index in [2.05, 4.69) is 73.2 Å². The molecule has 5 N–H and O–H groups in total. The number of nitrogens with two attached hydrogens (primary N) is 2. The van der Waals surface area contributed by atoms with E-state index in [1.54, 1.807) is 6.20 Å². The van der Waals surface area contributed by atoms with Crippen molar-refractivity contribution in [3.63, 3.8) is 0 Å². The van der Waals surface area contributed by atoms with Gasteiger partial charge in [-0.05, 0) is 55.0 Å². The molecule has 3 aromatic rings. The lowest BCUT2D eigenvalue weighted by molar-refractivity contribution is 0.797. The molecule has 0 saturated heterocycles. The monoisotopic (exact) mass is 464 g/mol. The molecule has 0 saturated carbocycles. The number of aryl methyl sites for hydroxylation is 1. The van der Waals surface area contributed by atoms with Crippen LogP contribution in [0.4, 0.5) is 0 Å². The number of aromatic nitrogens is 1. The molecule has 4 heteroatoms. The van der Waals surface area contributed by atoms with Crippen molar-refractivity contribution in [1.29, 1.82) is 0 Å². The van der Waals surface area contributed by atoms with Crippen molar-refractivity contribution >= 4 is 5.57 Å². The van der Waals surface area contributed by atoms with Crippen molar-refractivity contribution in [3.8, 4) is 0 Å². The van der Waals surface area contributed by atoms with E-state index in [0.29, 0.717) is 18.7 Å². The number of benzene rings is 2. The molecule has 4 nitrogen and oxygen atoms in total. The molecule has 3 rings (SSSR count). The van der Waals surface area contributed by atoms with Crippen LogP contribution in [-0.4, -0.2) is 11.5 Å². The van der Waals surface area contributed by atoms with Crippen LogP contribution in [0.15, 0.2) is 115 Å². The molecule has 35 heavy (non-hydrogen) atoms. The summed E-state index contributed by atoms with van der Waals surface area (Å²) in [6, 6.07) is 22.8. The summed E-state index contributed by atoms with van der Waals surface area (Å²) in [7, 11) is 0. The predicted molar refractivity (Wildman–Crippen MR) is 148 cm³/mol. The summed E-state index contributed by atoms with van der Waals surface area (Å²) in [5.74, 6) is 0. The maximum absolute atomic E-state index is 6.60. The summed E-state index contributed by atoms with van der Waals surface area (Å²) in [4.78, 5) is 4.37. The van der Waals surface area contributed by atoms with Crippen LogP contribution in [0.3, 0.4) is 0 Å². The molecule has 2 aromatic carbocycles. The molecule has 0 unspecified atom stereocenters. The molecule has 0 atom stereocenters. The van der Waals surface area contributed by atoms with E-state index < -0.39 is 0 Å². The van der Waals surface area contributed by atoms with Gasteiger partial charge in [-0.25, -0.2) is 0 Å². The second-order valence-corrected chi connectivity index (χ2v) is 8.62. The Morgan fingerprint density at radius 2 is 1.83 bits per heavy atom. The normalized spacial score (nSPS) is 12.5. The summed E-state index contributed by atoms with van der Waals surface area (Å²) >= 11 is 0. The zero-order chi connectivity index (χ0) is 25.0. The SMILES string of the molecule is C=C(NCCc1cccc(C)c1)C(=C\C=C(/C)c1ccccc1)/C(N)=C/Cc1cccnc1CN. The van der Waals surface area contributed by atoms with Crippen LogP contribution in [0.2, 0.25) is 0 Å². The maximum atomic E-state index is 6.60. The van der Waals surface area contributed by atoms with Gasteiger partial charge in [0.1, 0.15) is 0 Å². The third kappa shape index (κ3) is 7.83. The number of rotatable bonds is 11. The Morgan fingerprint density at radius 3 is 2.57 bits per heavy atom. The van der Waals surface area contributed by atoms with Gasteiger partial charge in [0.05, 0.1) is 5.69 Å². The maximum Gasteiger partial charge on any atom is 0.0574 e. The first-order valence-electron chi connectivity index (χ1n) is 12.0. The molecule has 0 spiro atoms. The summed E-state index contributed by atoms with van der Waals surface area (Å²) < 4.78 is 0. The largest absolute Gasteiger partial charge is 0.398 e. The van der Waals surface area contributed by atoms with Gasteiger partial charge in [0.15, 0.2) is 0 Å². The number of nitrogens with one attached hydrogen (secondary N) is 1. The minimum absolute atomic E-state index is 0.402. The third-order valence-corrected chi connectivity index (χ3v) is 5.92. The van der Waals surface area contributed by atoms with Crippen LogP contribution in [0.1, 0.15) is 34.9 Å². The van der Waals surface area contributed by atoms with Crippen molar-refractivity contribution in [1.82, 2.24) is 10.3 Å². The lowest BCUT2D eigenvalue weighted by Crippen LogP contribution is -2.20. The number of hydrogen-bond acceptors (Lipinski definition) is 4. The molecule has 0 bridgehead atoms. The quantitative estimate of drug-likeness (QED) is 0.322. The highest BCUT2D eigenvalue weighted by Crippen LogP contribution is 2.18. The first kappa shape index (κ1) is 25.7. The minimum atomic E-state index is 0.402. The molecule has 0 aliphatic heterocycles. The molecule has 1 heterocycles. The van der Waals surface area contributed by atoms with Crippen molar-refractivity contribution in [3.05, 3.63) is 143 Å². The molecule has 0 radical (unpaired) electrons. The summed E-state index contributed by atoms with van der Waals surface area (Å²) in [6.45, 7) is 9.69. The average molecular weight is 465 g/mol. The topological polar surface area (TPSA) is 77.0 Å². The van der Waals surface area contributed by atoms with Gasteiger partial charge in [0.25, 0.3) is 0 Å². The molecule has 0 amide bonds. The van der Waals surface area contributed by atoms with Gasteiger partial charge >= 0.3 is 0 Å². The first-order valence-corrected chi connectivity index (χ1v) is 12.0. The fourth-order valence-electron chi connectivity index (χ4n) is 3.87. The molecule has 1 aromatic heterocycles. The number of hydrogen-bond donors (Lipinski definition) is 3.